The van der Waals surface area contributed by atoms with Gasteiger partial charge < -0.3 is 9.63 Å². The average molecular weight is 302 g/mol. The predicted octanol–water partition coefficient (Wildman–Crippen LogP) is 1.15. The van der Waals surface area contributed by atoms with E-state index in [-0.39, 0.29) is 6.61 Å². The first-order chi connectivity index (χ1) is 10.8. The summed E-state index contributed by atoms with van der Waals surface area (Å²) in [6.07, 6.45) is 0. The molecule has 0 unspecified atom stereocenters. The fourth-order valence-electron chi connectivity index (χ4n) is 2.76. The molecule has 1 saturated heterocycles. The largest absolute Gasteiger partial charge is 0.395 e. The fraction of sp³-hybridized carbons (Fsp3) is 0.500. The first-order valence-electron chi connectivity index (χ1n) is 7.70. The van der Waals surface area contributed by atoms with Crippen LogP contribution < -0.4 is 0 Å². The van der Waals surface area contributed by atoms with Crippen molar-refractivity contribution in [2.45, 2.75) is 13.5 Å². The minimum absolute atomic E-state index is 0.226. The molecule has 2 aromatic rings. The molecule has 0 bridgehead atoms. The summed E-state index contributed by atoms with van der Waals surface area (Å²) in [4.78, 5) is 9.09. The van der Waals surface area contributed by atoms with Crippen LogP contribution in [-0.2, 0) is 6.54 Å². The molecule has 6 nitrogen and oxygen atoms in total. The van der Waals surface area contributed by atoms with Gasteiger partial charge in [0.1, 0.15) is 0 Å². The van der Waals surface area contributed by atoms with Gasteiger partial charge in [-0.2, -0.15) is 4.98 Å². The second kappa shape index (κ2) is 7.00. The molecule has 0 aliphatic carbocycles. The number of aryl methyl sites for hydroxylation is 1. The van der Waals surface area contributed by atoms with E-state index in [1.54, 1.807) is 0 Å². The van der Waals surface area contributed by atoms with Crippen LogP contribution in [0.15, 0.2) is 28.8 Å². The lowest BCUT2D eigenvalue weighted by molar-refractivity contribution is 0.101. The van der Waals surface area contributed by atoms with Crippen molar-refractivity contribution in [1.29, 1.82) is 0 Å². The number of piperazine rings is 1. The van der Waals surface area contributed by atoms with Gasteiger partial charge in [-0.1, -0.05) is 29.4 Å². The van der Waals surface area contributed by atoms with Crippen LogP contribution in [0.25, 0.3) is 11.4 Å². The molecule has 0 radical (unpaired) electrons. The summed E-state index contributed by atoms with van der Waals surface area (Å²) in [7, 11) is 0. The SMILES string of the molecule is Cc1ccccc1-c1noc(CN2CCN(CCO)CC2)n1. The van der Waals surface area contributed by atoms with Gasteiger partial charge in [0.2, 0.25) is 11.7 Å². The molecule has 0 saturated carbocycles. The standard InChI is InChI=1S/C16H22N4O2/c1-13-4-2-3-5-14(13)16-17-15(22-18-16)12-20-8-6-19(7-9-20)10-11-21/h2-5,21H,6-12H2,1H3. The predicted molar refractivity (Wildman–Crippen MR) is 83.3 cm³/mol. The Labute approximate surface area is 130 Å². The van der Waals surface area contributed by atoms with E-state index in [0.29, 0.717) is 18.3 Å². The van der Waals surface area contributed by atoms with Gasteiger partial charge in [-0.25, -0.2) is 0 Å². The first kappa shape index (κ1) is 15.1. The highest BCUT2D eigenvalue weighted by atomic mass is 16.5. The van der Waals surface area contributed by atoms with E-state index in [4.69, 9.17) is 9.63 Å². The van der Waals surface area contributed by atoms with Crippen molar-refractivity contribution in [2.75, 3.05) is 39.3 Å². The van der Waals surface area contributed by atoms with E-state index in [1.165, 1.54) is 0 Å². The molecular formula is C16H22N4O2. The summed E-state index contributed by atoms with van der Waals surface area (Å²) < 4.78 is 5.39. The van der Waals surface area contributed by atoms with E-state index in [0.717, 1.165) is 43.9 Å². The summed E-state index contributed by atoms with van der Waals surface area (Å²) in [5, 5.41) is 13.1. The third kappa shape index (κ3) is 3.52. The number of hydrogen-bond donors (Lipinski definition) is 1. The van der Waals surface area contributed by atoms with Crippen LogP contribution in [0.4, 0.5) is 0 Å². The van der Waals surface area contributed by atoms with Crippen molar-refractivity contribution in [3.8, 4) is 11.4 Å². The number of β-amino-alcohol motifs (C(OH)–C–C–N with tert-alkyl or cyclic N) is 1. The number of benzene rings is 1. The van der Waals surface area contributed by atoms with Crippen molar-refractivity contribution >= 4 is 0 Å². The highest BCUT2D eigenvalue weighted by molar-refractivity contribution is 5.58. The van der Waals surface area contributed by atoms with E-state index in [2.05, 4.69) is 19.9 Å². The van der Waals surface area contributed by atoms with Crippen LogP contribution >= 0.6 is 0 Å². The zero-order valence-corrected chi connectivity index (χ0v) is 12.9. The van der Waals surface area contributed by atoms with Crippen LogP contribution in [0.5, 0.6) is 0 Å². The molecule has 0 atom stereocenters. The number of rotatable bonds is 5. The number of aliphatic hydroxyl groups is 1. The number of aromatic nitrogens is 2. The molecule has 6 heteroatoms. The maximum atomic E-state index is 8.96. The van der Waals surface area contributed by atoms with Crippen molar-refractivity contribution in [2.24, 2.45) is 0 Å². The molecule has 1 N–H and O–H groups in total. The maximum absolute atomic E-state index is 8.96. The Hall–Kier alpha value is -1.76. The minimum atomic E-state index is 0.226. The van der Waals surface area contributed by atoms with E-state index >= 15 is 0 Å². The molecular weight excluding hydrogens is 280 g/mol. The Balaban J connectivity index is 1.60. The smallest absolute Gasteiger partial charge is 0.241 e. The fourth-order valence-corrected chi connectivity index (χ4v) is 2.76. The Kier molecular flexibility index (Phi) is 4.82. The number of nitrogens with zero attached hydrogens (tertiary/aromatic N) is 4. The third-order valence-electron chi connectivity index (χ3n) is 4.09. The van der Waals surface area contributed by atoms with Gasteiger partial charge in [0.25, 0.3) is 0 Å². The summed E-state index contributed by atoms with van der Waals surface area (Å²) in [6, 6.07) is 8.05. The topological polar surface area (TPSA) is 65.6 Å². The lowest BCUT2D eigenvalue weighted by atomic mass is 10.1. The second-order valence-corrected chi connectivity index (χ2v) is 5.67. The second-order valence-electron chi connectivity index (χ2n) is 5.67. The number of hydrogen-bond acceptors (Lipinski definition) is 6. The molecule has 1 aliphatic heterocycles. The van der Waals surface area contributed by atoms with Crippen molar-refractivity contribution in [1.82, 2.24) is 19.9 Å². The Morgan fingerprint density at radius 2 is 1.86 bits per heavy atom. The average Bonchev–Trinajstić information content (AvgIpc) is 2.98. The minimum Gasteiger partial charge on any atom is -0.395 e. The molecule has 1 fully saturated rings. The van der Waals surface area contributed by atoms with Crippen molar-refractivity contribution in [3.63, 3.8) is 0 Å². The lowest BCUT2D eigenvalue weighted by Gasteiger charge is -2.33. The van der Waals surface area contributed by atoms with E-state index in [9.17, 15) is 0 Å². The number of aliphatic hydroxyl groups excluding tert-OH is 1. The zero-order valence-electron chi connectivity index (χ0n) is 12.9. The summed E-state index contributed by atoms with van der Waals surface area (Å²) in [5.74, 6) is 1.32. The van der Waals surface area contributed by atoms with Gasteiger partial charge >= 0.3 is 0 Å². The Bertz CT molecular complexity index is 606. The van der Waals surface area contributed by atoms with Crippen molar-refractivity contribution in [3.05, 3.63) is 35.7 Å². The van der Waals surface area contributed by atoms with Gasteiger partial charge in [0, 0.05) is 38.3 Å². The normalized spacial score (nSPS) is 17.0. The molecule has 118 valence electrons. The quantitative estimate of drug-likeness (QED) is 0.894. The van der Waals surface area contributed by atoms with Gasteiger partial charge in [-0.05, 0) is 12.5 Å². The first-order valence-corrected chi connectivity index (χ1v) is 7.70. The van der Waals surface area contributed by atoms with Crippen LogP contribution in [0.1, 0.15) is 11.5 Å². The molecule has 1 aromatic carbocycles. The maximum Gasteiger partial charge on any atom is 0.241 e. The van der Waals surface area contributed by atoms with Crippen LogP contribution in [0.2, 0.25) is 0 Å². The Morgan fingerprint density at radius 1 is 1.14 bits per heavy atom. The van der Waals surface area contributed by atoms with Crippen molar-refractivity contribution < 1.29 is 9.63 Å². The monoisotopic (exact) mass is 302 g/mol. The Morgan fingerprint density at radius 3 is 2.59 bits per heavy atom. The van der Waals surface area contributed by atoms with E-state index < -0.39 is 0 Å². The molecule has 3 rings (SSSR count). The molecule has 0 spiro atoms. The summed E-state index contributed by atoms with van der Waals surface area (Å²) in [5.41, 5.74) is 2.16. The lowest BCUT2D eigenvalue weighted by Crippen LogP contribution is -2.46. The molecule has 0 amide bonds. The van der Waals surface area contributed by atoms with Gasteiger partial charge in [0.15, 0.2) is 0 Å². The highest BCUT2D eigenvalue weighted by Crippen LogP contribution is 2.20. The summed E-state index contributed by atoms with van der Waals surface area (Å²) in [6.45, 7) is 7.58. The molecule has 1 aromatic heterocycles. The summed E-state index contributed by atoms with van der Waals surface area (Å²) >= 11 is 0. The van der Waals surface area contributed by atoms with Gasteiger partial charge in [-0.15, -0.1) is 0 Å². The van der Waals surface area contributed by atoms with Crippen LogP contribution in [0, 0.1) is 6.92 Å². The highest BCUT2D eigenvalue weighted by Gasteiger charge is 2.19. The van der Waals surface area contributed by atoms with Gasteiger partial charge in [-0.3, -0.25) is 9.80 Å². The zero-order chi connectivity index (χ0) is 15.4. The van der Waals surface area contributed by atoms with Gasteiger partial charge in [0.05, 0.1) is 13.2 Å². The van der Waals surface area contributed by atoms with E-state index in [1.807, 2.05) is 31.2 Å². The van der Waals surface area contributed by atoms with Crippen LogP contribution in [0.3, 0.4) is 0 Å². The molecule has 1 aliphatic rings. The third-order valence-corrected chi connectivity index (χ3v) is 4.09. The molecule has 22 heavy (non-hydrogen) atoms. The molecule has 2 heterocycles. The van der Waals surface area contributed by atoms with Crippen LogP contribution in [-0.4, -0.2) is 64.4 Å².